The Kier molecular flexibility index (Phi) is 33.3. The van der Waals surface area contributed by atoms with Gasteiger partial charge < -0.3 is 19.4 Å². The second-order valence-electron chi connectivity index (χ2n) is 43.7. The van der Waals surface area contributed by atoms with Gasteiger partial charge in [0.25, 0.3) is 0 Å². The molecule has 2 aliphatic rings. The van der Waals surface area contributed by atoms with Gasteiger partial charge in [0.15, 0.2) is 11.5 Å². The number of hydrogen-bond acceptors (Lipinski definition) is 5. The molecule has 20 aromatic rings. The van der Waals surface area contributed by atoms with Crippen LogP contribution in [0.5, 0.6) is 11.5 Å². The van der Waals surface area contributed by atoms with Gasteiger partial charge in [0.2, 0.25) is 0 Å². The standard InChI is InChI=1S/C34H31N.C22H21NO.C22H21NS.C22H22.2C20H20.2CH4/c1-34(2,3)35(33-17-11-10-16-32(33)30-14-8-5-9-15-30)31-24-22-29(23-25-31)28-20-18-27(19-21-28)26-12-6-4-7-13-26;2*1-22(2,3)16-13-14-19-21(15-16)24-20-12-8-7-11-18(20)23(19)17-9-5-4-6-10-17;1-22(2,3)21-15-14-19(17-10-6-4-7-11-17)16-20(21)18-12-8-5-9-13-18;1-20(2,3)17-13-11-16(12-14-17)19-10-6-8-15-7-4-5-9-18(15)19;1-20(2,3)19-12-10-16(11-13-19)18-9-8-15-6-4-5-7-17(15)14-18;;/h4-25H,1-3H3;2*4-15H,1-3H3;4-16H,1-3H3;2*4-14H,1-3H3;2*1H4. The second kappa shape index (κ2) is 46.2. The van der Waals surface area contributed by atoms with E-state index in [9.17, 15) is 0 Å². The summed E-state index contributed by atoms with van der Waals surface area (Å²) in [5, 5.41) is 5.20. The minimum atomic E-state index is -0.0935. The summed E-state index contributed by atoms with van der Waals surface area (Å²) in [6.45, 7) is 40.6. The molecule has 0 amide bonds. The first-order valence-electron chi connectivity index (χ1n) is 50.9. The van der Waals surface area contributed by atoms with Gasteiger partial charge in [-0.15, -0.1) is 0 Å². The van der Waals surface area contributed by atoms with Crippen molar-refractivity contribution in [3.63, 3.8) is 0 Å². The summed E-state index contributed by atoms with van der Waals surface area (Å²) in [6, 6.07) is 175. The molecule has 738 valence electrons. The maximum atomic E-state index is 6.22. The number of benzene rings is 20. The molecule has 0 saturated carbocycles. The van der Waals surface area contributed by atoms with Crippen molar-refractivity contribution in [2.24, 2.45) is 0 Å². The summed E-state index contributed by atoms with van der Waals surface area (Å²) in [5.74, 6) is 1.80. The highest BCUT2D eigenvalue weighted by atomic mass is 32.2. The van der Waals surface area contributed by atoms with Crippen LogP contribution in [-0.2, 0) is 27.1 Å². The van der Waals surface area contributed by atoms with Crippen LogP contribution in [0.2, 0.25) is 0 Å². The molecular weight excluding hydrogens is 1800 g/mol. The minimum Gasteiger partial charge on any atom is -0.453 e. The Hall–Kier alpha value is -15.5. The van der Waals surface area contributed by atoms with Crippen LogP contribution < -0.4 is 19.4 Å². The van der Waals surface area contributed by atoms with Crippen LogP contribution in [0.15, 0.2) is 501 Å². The Labute approximate surface area is 882 Å². The van der Waals surface area contributed by atoms with E-state index < -0.39 is 0 Å². The molecule has 22 rings (SSSR count). The first kappa shape index (κ1) is 106. The van der Waals surface area contributed by atoms with Gasteiger partial charge in [0, 0.05) is 43.6 Å². The fourth-order valence-electron chi connectivity index (χ4n) is 18.9. The van der Waals surface area contributed by atoms with Gasteiger partial charge in [-0.05, 0) is 273 Å². The third-order valence-corrected chi connectivity index (χ3v) is 28.0. The topological polar surface area (TPSA) is 19.0 Å². The molecule has 0 radical (unpaired) electrons. The molecule has 0 atom stereocenters. The molecule has 0 N–H and O–H groups in total. The number of fused-ring (bicyclic) bond motifs is 6. The zero-order valence-corrected chi connectivity index (χ0v) is 88.2. The summed E-state index contributed by atoms with van der Waals surface area (Å²) in [7, 11) is 0. The lowest BCUT2D eigenvalue weighted by Gasteiger charge is -2.39. The third kappa shape index (κ3) is 25.7. The van der Waals surface area contributed by atoms with Gasteiger partial charge in [-0.1, -0.05) is 519 Å². The lowest BCUT2D eigenvalue weighted by molar-refractivity contribution is 0.473. The van der Waals surface area contributed by atoms with Gasteiger partial charge in [-0.3, -0.25) is 0 Å². The van der Waals surface area contributed by atoms with Crippen molar-refractivity contribution in [2.45, 2.75) is 182 Å². The van der Waals surface area contributed by atoms with Crippen molar-refractivity contribution in [3.05, 3.63) is 519 Å². The normalized spacial score (nSPS) is 11.9. The van der Waals surface area contributed by atoms with Crippen LogP contribution in [-0.4, -0.2) is 5.54 Å². The molecule has 4 nitrogen and oxygen atoms in total. The molecule has 0 fully saturated rings. The van der Waals surface area contributed by atoms with Crippen molar-refractivity contribution in [1.29, 1.82) is 0 Å². The van der Waals surface area contributed by atoms with E-state index in [2.05, 4.69) is 606 Å². The van der Waals surface area contributed by atoms with E-state index >= 15 is 0 Å². The summed E-state index contributed by atoms with van der Waals surface area (Å²) in [4.78, 5) is 9.70. The maximum absolute atomic E-state index is 6.22. The lowest BCUT2D eigenvalue weighted by atomic mass is 9.80. The van der Waals surface area contributed by atoms with Gasteiger partial charge in [-0.25, -0.2) is 0 Å². The molecule has 0 bridgehead atoms. The zero-order chi connectivity index (χ0) is 102. The van der Waals surface area contributed by atoms with E-state index in [0.29, 0.717) is 0 Å². The van der Waals surface area contributed by atoms with Crippen LogP contribution in [0.3, 0.4) is 0 Å². The van der Waals surface area contributed by atoms with Gasteiger partial charge in [-0.2, -0.15) is 0 Å². The highest BCUT2D eigenvalue weighted by molar-refractivity contribution is 7.99. The average molecular weight is 1940 g/mol. The Morgan fingerprint density at radius 3 is 1.10 bits per heavy atom. The first-order chi connectivity index (χ1) is 69.7. The van der Waals surface area contributed by atoms with E-state index in [0.717, 1.165) is 28.6 Å². The number of nitrogens with zero attached hydrogens (tertiary/aromatic N) is 3. The Morgan fingerprint density at radius 1 is 0.211 bits per heavy atom. The van der Waals surface area contributed by atoms with Gasteiger partial charge >= 0.3 is 0 Å². The second-order valence-corrected chi connectivity index (χ2v) is 44.8. The number of anilines is 8. The van der Waals surface area contributed by atoms with Crippen molar-refractivity contribution < 1.29 is 4.74 Å². The highest BCUT2D eigenvalue weighted by Crippen LogP contribution is 2.55. The summed E-state index contributed by atoms with van der Waals surface area (Å²) in [5.41, 5.74) is 34.6. The van der Waals surface area contributed by atoms with Crippen molar-refractivity contribution in [1.82, 2.24) is 0 Å². The first-order valence-corrected chi connectivity index (χ1v) is 51.7. The number of para-hydroxylation sites is 6. The zero-order valence-electron chi connectivity index (χ0n) is 87.4. The summed E-state index contributed by atoms with van der Waals surface area (Å²) in [6.07, 6.45) is 0. The molecular formula is C142H143N3OS. The Morgan fingerprint density at radius 2 is 0.558 bits per heavy atom. The molecule has 2 aliphatic heterocycles. The summed E-state index contributed by atoms with van der Waals surface area (Å²) >= 11 is 1.87. The minimum absolute atomic E-state index is 0. The predicted molar refractivity (Wildman–Crippen MR) is 641 cm³/mol. The number of ether oxygens (including phenoxy) is 1. The van der Waals surface area contributed by atoms with E-state index in [1.165, 1.54) is 165 Å². The molecule has 20 aromatic carbocycles. The third-order valence-electron chi connectivity index (χ3n) is 26.9. The lowest BCUT2D eigenvalue weighted by Crippen LogP contribution is -2.37. The molecule has 0 spiro atoms. The van der Waals surface area contributed by atoms with Gasteiger partial charge in [0.05, 0.1) is 22.7 Å². The Balaban J connectivity index is 0.000000133. The highest BCUT2D eigenvalue weighted by Gasteiger charge is 2.32. The maximum Gasteiger partial charge on any atom is 0.151 e. The molecule has 0 unspecified atom stereocenters. The summed E-state index contributed by atoms with van der Waals surface area (Å²) < 4.78 is 6.22. The molecule has 147 heavy (non-hydrogen) atoms. The van der Waals surface area contributed by atoms with Crippen LogP contribution in [0, 0.1) is 0 Å². The van der Waals surface area contributed by atoms with Crippen molar-refractivity contribution >= 4 is 78.8 Å². The number of hydrogen-bond donors (Lipinski definition) is 0. The Bertz CT molecular complexity index is 7550. The average Bonchev–Trinajstić information content (AvgIpc) is 0.753. The largest absolute Gasteiger partial charge is 0.453 e. The molecule has 5 heteroatoms. The van der Waals surface area contributed by atoms with Crippen LogP contribution >= 0.6 is 11.8 Å². The van der Waals surface area contributed by atoms with E-state index in [1.54, 1.807) is 0 Å². The molecule has 0 aromatic heterocycles. The molecule has 0 saturated heterocycles. The quantitative estimate of drug-likeness (QED) is 0.128. The van der Waals surface area contributed by atoms with E-state index in [4.69, 9.17) is 4.74 Å². The fraction of sp³-hybridized carbons (Fsp3) is 0.183. The van der Waals surface area contributed by atoms with Crippen LogP contribution in [0.1, 0.15) is 167 Å². The van der Waals surface area contributed by atoms with E-state index in [1.807, 2.05) is 36.0 Å². The van der Waals surface area contributed by atoms with Gasteiger partial charge in [0.1, 0.15) is 0 Å². The van der Waals surface area contributed by atoms with E-state index in [-0.39, 0.29) is 47.5 Å². The van der Waals surface area contributed by atoms with Crippen LogP contribution in [0.25, 0.3) is 99.4 Å². The van der Waals surface area contributed by atoms with Crippen molar-refractivity contribution in [2.75, 3.05) is 14.7 Å². The molecule has 2 heterocycles. The predicted octanol–water partition coefficient (Wildman–Crippen LogP) is 42.3. The monoisotopic (exact) mass is 1940 g/mol. The number of rotatable bonds is 11. The van der Waals surface area contributed by atoms with Crippen molar-refractivity contribution in [3.8, 4) is 89.4 Å². The molecule has 0 aliphatic carbocycles. The SMILES string of the molecule is C.C.CC(C)(C)N(c1ccc(-c2ccc(-c3ccccc3)cc2)cc1)c1ccccc1-c1ccccc1.CC(C)(C)c1ccc(-c2ccc3ccccc3c2)cc1.CC(C)(C)c1ccc(-c2cccc3ccccc23)cc1.CC(C)(C)c1ccc(-c2ccccc2)cc1-c1ccccc1.CC(C)(C)c1ccc2c(c1)Oc1ccccc1N2c1ccccc1.CC(C)(C)c1ccc2c(c1)Sc1ccccc1N2c1ccccc1. The smallest absolute Gasteiger partial charge is 0.151 e. The van der Waals surface area contributed by atoms with Crippen LogP contribution in [0.4, 0.5) is 45.5 Å². The fourth-order valence-corrected chi connectivity index (χ4v) is 20.0.